The van der Waals surface area contributed by atoms with Crippen molar-refractivity contribution in [2.45, 2.75) is 39.3 Å². The monoisotopic (exact) mass is 424 g/mol. The zero-order valence-electron chi connectivity index (χ0n) is 11.0. The molecule has 5 heteroatoms. The van der Waals surface area contributed by atoms with Crippen LogP contribution in [0.3, 0.4) is 0 Å². The average Bonchev–Trinajstić information content (AvgIpc) is 2.21. The number of carbonyl (C=O) groups is 1. The third-order valence-corrected chi connectivity index (χ3v) is 4.53. The van der Waals surface area contributed by atoms with Gasteiger partial charge in [-0.15, -0.1) is 0 Å². The van der Waals surface area contributed by atoms with Crippen molar-refractivity contribution in [1.29, 1.82) is 0 Å². The highest BCUT2D eigenvalue weighted by Crippen LogP contribution is 2.23. The molecule has 0 aromatic heterocycles. The summed E-state index contributed by atoms with van der Waals surface area (Å²) in [4.78, 5) is 11.9. The van der Waals surface area contributed by atoms with Crippen molar-refractivity contribution in [3.05, 3.63) is 26.2 Å². The van der Waals surface area contributed by atoms with E-state index in [2.05, 4.69) is 49.2 Å². The first-order valence-electron chi connectivity index (χ1n) is 5.72. The molecule has 0 radical (unpaired) electrons. The Morgan fingerprint density at radius 3 is 2.50 bits per heavy atom. The molecule has 0 spiro atoms. The van der Waals surface area contributed by atoms with Gasteiger partial charge in [0.05, 0.1) is 0 Å². The third kappa shape index (κ3) is 5.14. The summed E-state index contributed by atoms with van der Waals surface area (Å²) in [6.45, 7) is 7.77. The molecule has 0 bridgehead atoms. The van der Waals surface area contributed by atoms with Gasteiger partial charge >= 0.3 is 0 Å². The van der Waals surface area contributed by atoms with Gasteiger partial charge in [-0.05, 0) is 84.4 Å². The molecular formula is C13H18BrIN2O. The van der Waals surface area contributed by atoms with Gasteiger partial charge in [0.1, 0.15) is 6.04 Å². The van der Waals surface area contributed by atoms with Crippen molar-refractivity contribution in [1.82, 2.24) is 5.32 Å². The highest BCUT2D eigenvalue weighted by atomic mass is 127. The maximum Gasteiger partial charge on any atom is 0.242 e. The fraction of sp³-hybridized carbons (Fsp3) is 0.462. The second kappa shape index (κ2) is 6.23. The lowest BCUT2D eigenvalue weighted by molar-refractivity contribution is -0.122. The quantitative estimate of drug-likeness (QED) is 0.725. The molecule has 0 fully saturated rings. The lowest BCUT2D eigenvalue weighted by atomic mass is 10.1. The van der Waals surface area contributed by atoms with E-state index in [0.29, 0.717) is 0 Å². The predicted octanol–water partition coefficient (Wildman–Crippen LogP) is 3.77. The summed E-state index contributed by atoms with van der Waals surface area (Å²) in [6, 6.07) is 5.67. The molecule has 0 heterocycles. The fourth-order valence-electron chi connectivity index (χ4n) is 1.38. The minimum absolute atomic E-state index is 0.00262. The van der Waals surface area contributed by atoms with E-state index in [1.54, 1.807) is 0 Å². The number of hydrogen-bond donors (Lipinski definition) is 2. The van der Waals surface area contributed by atoms with Gasteiger partial charge in [-0.1, -0.05) is 0 Å². The molecule has 100 valence electrons. The molecule has 1 aromatic rings. The molecule has 0 aliphatic heterocycles. The lowest BCUT2D eigenvalue weighted by Crippen LogP contribution is -2.47. The van der Waals surface area contributed by atoms with Crippen LogP contribution in [0.5, 0.6) is 0 Å². The van der Waals surface area contributed by atoms with Crippen LogP contribution >= 0.6 is 38.5 Å². The summed E-state index contributed by atoms with van der Waals surface area (Å²) in [5.41, 5.74) is 0.721. The number of benzene rings is 1. The normalized spacial score (nSPS) is 13.0. The van der Waals surface area contributed by atoms with E-state index in [4.69, 9.17) is 0 Å². The number of halogens is 2. The Labute approximate surface area is 130 Å². The maximum absolute atomic E-state index is 11.9. The first-order valence-corrected chi connectivity index (χ1v) is 7.60. The predicted molar refractivity (Wildman–Crippen MR) is 87.8 cm³/mol. The molecule has 1 amide bonds. The van der Waals surface area contributed by atoms with Gasteiger partial charge in [0.15, 0.2) is 0 Å². The summed E-state index contributed by atoms with van der Waals surface area (Å²) in [5.74, 6) is -0.00262. The molecule has 0 saturated heterocycles. The summed E-state index contributed by atoms with van der Waals surface area (Å²) in [7, 11) is 0. The largest absolute Gasteiger partial charge is 0.374 e. The molecule has 2 N–H and O–H groups in total. The molecule has 18 heavy (non-hydrogen) atoms. The van der Waals surface area contributed by atoms with Crippen LogP contribution in [0.1, 0.15) is 27.7 Å². The van der Waals surface area contributed by atoms with Gasteiger partial charge < -0.3 is 10.6 Å². The first kappa shape index (κ1) is 15.8. The SMILES string of the molecule is CC(Nc1ccc(I)c(Br)c1)C(=O)NC(C)(C)C. The smallest absolute Gasteiger partial charge is 0.242 e. The van der Waals surface area contributed by atoms with Crippen LogP contribution in [0, 0.1) is 3.57 Å². The second-order valence-corrected chi connectivity index (χ2v) is 7.25. The first-order chi connectivity index (χ1) is 8.19. The Balaban J connectivity index is 2.66. The van der Waals surface area contributed by atoms with Crippen molar-refractivity contribution in [2.24, 2.45) is 0 Å². The zero-order valence-corrected chi connectivity index (χ0v) is 14.7. The van der Waals surface area contributed by atoms with E-state index >= 15 is 0 Å². The molecule has 0 saturated carbocycles. The van der Waals surface area contributed by atoms with E-state index in [1.807, 2.05) is 45.9 Å². The number of nitrogens with one attached hydrogen (secondary N) is 2. The molecule has 1 rings (SSSR count). The van der Waals surface area contributed by atoms with Crippen molar-refractivity contribution < 1.29 is 4.79 Å². The van der Waals surface area contributed by atoms with Gasteiger partial charge in [0, 0.05) is 19.3 Å². The van der Waals surface area contributed by atoms with Crippen molar-refractivity contribution in [2.75, 3.05) is 5.32 Å². The van der Waals surface area contributed by atoms with Gasteiger partial charge in [0.2, 0.25) is 5.91 Å². The van der Waals surface area contributed by atoms with E-state index in [9.17, 15) is 4.79 Å². The maximum atomic E-state index is 11.9. The van der Waals surface area contributed by atoms with Crippen LogP contribution in [0.15, 0.2) is 22.7 Å². The van der Waals surface area contributed by atoms with Gasteiger partial charge in [0.25, 0.3) is 0 Å². The molecule has 3 nitrogen and oxygen atoms in total. The highest BCUT2D eigenvalue weighted by Gasteiger charge is 2.19. The second-order valence-electron chi connectivity index (χ2n) is 5.23. The van der Waals surface area contributed by atoms with E-state index < -0.39 is 0 Å². The van der Waals surface area contributed by atoms with Crippen LogP contribution in [-0.4, -0.2) is 17.5 Å². The van der Waals surface area contributed by atoms with Crippen molar-refractivity contribution in [3.8, 4) is 0 Å². The fourth-order valence-corrected chi connectivity index (χ4v) is 2.09. The minimum atomic E-state index is -0.267. The van der Waals surface area contributed by atoms with Crippen LogP contribution in [0.4, 0.5) is 5.69 Å². The summed E-state index contributed by atoms with van der Waals surface area (Å²) < 4.78 is 2.17. The third-order valence-electron chi connectivity index (χ3n) is 2.19. The van der Waals surface area contributed by atoms with Crippen LogP contribution in [0.25, 0.3) is 0 Å². The minimum Gasteiger partial charge on any atom is -0.374 e. The number of hydrogen-bond acceptors (Lipinski definition) is 2. The summed E-state index contributed by atoms with van der Waals surface area (Å²) >= 11 is 5.73. The number of amides is 1. The Bertz CT molecular complexity index is 443. The molecule has 1 unspecified atom stereocenters. The van der Waals surface area contributed by atoms with Gasteiger partial charge in [-0.25, -0.2) is 0 Å². The van der Waals surface area contributed by atoms with Crippen molar-refractivity contribution >= 4 is 50.1 Å². The Hall–Kier alpha value is -0.300. The molecule has 1 aromatic carbocycles. The van der Waals surface area contributed by atoms with E-state index in [1.165, 1.54) is 0 Å². The molecule has 1 atom stereocenters. The topological polar surface area (TPSA) is 41.1 Å². The Kier molecular flexibility index (Phi) is 5.46. The van der Waals surface area contributed by atoms with E-state index in [-0.39, 0.29) is 17.5 Å². The number of carbonyl (C=O) groups excluding carboxylic acids is 1. The standard InChI is InChI=1S/C13H18BrIN2O/c1-8(12(18)17-13(2,3)4)16-9-5-6-11(15)10(14)7-9/h5-8,16H,1-4H3,(H,17,18). The van der Waals surface area contributed by atoms with Crippen molar-refractivity contribution in [3.63, 3.8) is 0 Å². The summed E-state index contributed by atoms with van der Waals surface area (Å²) in [5, 5.41) is 6.14. The van der Waals surface area contributed by atoms with E-state index in [0.717, 1.165) is 13.7 Å². The van der Waals surface area contributed by atoms with Gasteiger partial charge in [-0.3, -0.25) is 4.79 Å². The average molecular weight is 425 g/mol. The molecular weight excluding hydrogens is 407 g/mol. The number of rotatable bonds is 3. The highest BCUT2D eigenvalue weighted by molar-refractivity contribution is 14.1. The molecule has 0 aliphatic rings. The lowest BCUT2D eigenvalue weighted by Gasteiger charge is -2.24. The van der Waals surface area contributed by atoms with Crippen LogP contribution < -0.4 is 10.6 Å². The number of anilines is 1. The zero-order chi connectivity index (χ0) is 13.9. The van der Waals surface area contributed by atoms with Crippen LogP contribution in [-0.2, 0) is 4.79 Å². The molecule has 0 aliphatic carbocycles. The Morgan fingerprint density at radius 2 is 2.00 bits per heavy atom. The summed E-state index contributed by atoms with van der Waals surface area (Å²) in [6.07, 6.45) is 0. The Morgan fingerprint density at radius 1 is 1.39 bits per heavy atom. The van der Waals surface area contributed by atoms with Gasteiger partial charge in [-0.2, -0.15) is 0 Å². The van der Waals surface area contributed by atoms with Crippen LogP contribution in [0.2, 0.25) is 0 Å².